The van der Waals surface area contributed by atoms with E-state index in [0.29, 0.717) is 5.02 Å². The van der Waals surface area contributed by atoms with Gasteiger partial charge in [-0.2, -0.15) is 5.10 Å². The summed E-state index contributed by atoms with van der Waals surface area (Å²) in [4.78, 5) is 8.90. The number of thiazole rings is 1. The Kier molecular flexibility index (Phi) is 4.49. The van der Waals surface area contributed by atoms with Gasteiger partial charge >= 0.3 is 0 Å². The molecule has 4 aromatic rings. The highest BCUT2D eigenvalue weighted by Crippen LogP contribution is 2.20. The van der Waals surface area contributed by atoms with Crippen molar-refractivity contribution in [3.63, 3.8) is 0 Å². The second-order valence-corrected chi connectivity index (χ2v) is 7.29. The number of nitrogens with one attached hydrogen (secondary N) is 1. The number of fused-ring (bicyclic) bond motifs is 1. The Labute approximate surface area is 160 Å². The molecule has 130 valence electrons. The minimum Gasteiger partial charge on any atom is -0.358 e. The van der Waals surface area contributed by atoms with Gasteiger partial charge in [0, 0.05) is 32.6 Å². The van der Waals surface area contributed by atoms with Gasteiger partial charge in [-0.3, -0.25) is 0 Å². The number of aryl methyl sites for hydroxylation is 2. The van der Waals surface area contributed by atoms with E-state index >= 15 is 0 Å². The molecular weight excluding hydrogens is 364 g/mol. The van der Waals surface area contributed by atoms with Crippen LogP contribution in [0.25, 0.3) is 10.9 Å². The zero-order valence-corrected chi connectivity index (χ0v) is 16.0. The molecule has 6 heteroatoms. The summed E-state index contributed by atoms with van der Waals surface area (Å²) in [7, 11) is 0. The molecule has 0 aliphatic rings. The molecule has 0 spiro atoms. The second kappa shape index (κ2) is 6.94. The van der Waals surface area contributed by atoms with E-state index in [4.69, 9.17) is 16.7 Å². The van der Waals surface area contributed by atoms with Crippen LogP contribution in [-0.2, 0) is 0 Å². The van der Waals surface area contributed by atoms with Crippen LogP contribution in [0, 0.1) is 13.8 Å². The number of aromatic amines is 1. The summed E-state index contributed by atoms with van der Waals surface area (Å²) in [5.41, 5.74) is 5.19. The van der Waals surface area contributed by atoms with E-state index in [2.05, 4.69) is 29.0 Å². The number of aromatic nitrogens is 2. The van der Waals surface area contributed by atoms with Gasteiger partial charge in [0.1, 0.15) is 0 Å². The van der Waals surface area contributed by atoms with Gasteiger partial charge in [-0.05, 0) is 44.2 Å². The molecule has 0 radical (unpaired) electrons. The van der Waals surface area contributed by atoms with Crippen LogP contribution in [0.15, 0.2) is 64.0 Å². The van der Waals surface area contributed by atoms with E-state index in [1.54, 1.807) is 11.3 Å². The number of hydrogen-bond acceptors (Lipinski definition) is 3. The van der Waals surface area contributed by atoms with Gasteiger partial charge in [0.05, 0.1) is 17.6 Å². The molecule has 26 heavy (non-hydrogen) atoms. The Morgan fingerprint density at radius 2 is 1.85 bits per heavy atom. The summed E-state index contributed by atoms with van der Waals surface area (Å²) < 4.78 is 1.86. The largest absolute Gasteiger partial charge is 0.358 e. The molecular formula is C20H17ClN4S. The van der Waals surface area contributed by atoms with Crippen molar-refractivity contribution in [2.24, 2.45) is 10.1 Å². The number of nitrogens with zero attached hydrogens (tertiary/aromatic N) is 3. The highest BCUT2D eigenvalue weighted by atomic mass is 35.5. The van der Waals surface area contributed by atoms with Crippen molar-refractivity contribution in [2.45, 2.75) is 13.8 Å². The standard InChI is InChI=1S/C20H17ClN4S/c1-13-12-26-20(24-16-9-7-15(21)8-10-16)25(13)22-11-18-14(2)23-19-6-4-3-5-17(18)19/h3-12,23H,1-2H3. The number of hydrogen-bond donors (Lipinski definition) is 1. The molecule has 2 aromatic heterocycles. The summed E-state index contributed by atoms with van der Waals surface area (Å²) in [5, 5.41) is 8.61. The van der Waals surface area contributed by atoms with Crippen LogP contribution in [0.1, 0.15) is 17.0 Å². The van der Waals surface area contributed by atoms with E-state index < -0.39 is 0 Å². The van der Waals surface area contributed by atoms with Gasteiger partial charge in [0.2, 0.25) is 4.80 Å². The molecule has 0 amide bonds. The maximum absolute atomic E-state index is 5.95. The van der Waals surface area contributed by atoms with E-state index in [1.807, 2.05) is 59.6 Å². The summed E-state index contributed by atoms with van der Waals surface area (Å²) in [5.74, 6) is 0. The monoisotopic (exact) mass is 380 g/mol. The molecule has 0 aliphatic carbocycles. The van der Waals surface area contributed by atoms with Gasteiger partial charge in [0.15, 0.2) is 0 Å². The van der Waals surface area contributed by atoms with E-state index in [9.17, 15) is 0 Å². The zero-order valence-electron chi connectivity index (χ0n) is 14.4. The van der Waals surface area contributed by atoms with Crippen LogP contribution in [0.2, 0.25) is 5.02 Å². The Morgan fingerprint density at radius 3 is 2.65 bits per heavy atom. The Bertz CT molecular complexity index is 1160. The number of halogens is 1. The van der Waals surface area contributed by atoms with Crippen molar-refractivity contribution in [1.29, 1.82) is 0 Å². The van der Waals surface area contributed by atoms with Crippen molar-refractivity contribution in [2.75, 3.05) is 0 Å². The highest BCUT2D eigenvalue weighted by molar-refractivity contribution is 7.07. The Balaban J connectivity index is 1.77. The van der Waals surface area contributed by atoms with E-state index in [0.717, 1.165) is 33.0 Å². The number of H-pyrrole nitrogens is 1. The highest BCUT2D eigenvalue weighted by Gasteiger charge is 2.06. The molecule has 0 bridgehead atoms. The lowest BCUT2D eigenvalue weighted by atomic mass is 10.1. The number of para-hydroxylation sites is 1. The molecule has 0 saturated heterocycles. The van der Waals surface area contributed by atoms with Crippen LogP contribution in [0.4, 0.5) is 5.69 Å². The molecule has 0 atom stereocenters. The fraction of sp³-hybridized carbons (Fsp3) is 0.100. The lowest BCUT2D eigenvalue weighted by Crippen LogP contribution is -2.11. The van der Waals surface area contributed by atoms with Crippen molar-refractivity contribution >= 4 is 45.7 Å². The SMILES string of the molecule is Cc1[nH]c2ccccc2c1C=Nn1c(C)csc1=Nc1ccc(Cl)cc1. The zero-order chi connectivity index (χ0) is 18.1. The van der Waals surface area contributed by atoms with E-state index in [1.165, 1.54) is 5.39 Å². The summed E-state index contributed by atoms with van der Waals surface area (Å²) in [6.07, 6.45) is 1.90. The molecule has 2 aromatic carbocycles. The van der Waals surface area contributed by atoms with E-state index in [-0.39, 0.29) is 0 Å². The van der Waals surface area contributed by atoms with Gasteiger partial charge in [-0.25, -0.2) is 9.67 Å². The first-order valence-electron chi connectivity index (χ1n) is 8.21. The van der Waals surface area contributed by atoms with Gasteiger partial charge < -0.3 is 4.98 Å². The van der Waals surface area contributed by atoms with Crippen molar-refractivity contribution in [3.8, 4) is 0 Å². The smallest absolute Gasteiger partial charge is 0.211 e. The first-order chi connectivity index (χ1) is 12.6. The molecule has 4 nitrogen and oxygen atoms in total. The van der Waals surface area contributed by atoms with Crippen molar-refractivity contribution in [1.82, 2.24) is 9.66 Å². The third-order valence-electron chi connectivity index (χ3n) is 4.15. The Hall–Kier alpha value is -2.63. The maximum Gasteiger partial charge on any atom is 0.211 e. The van der Waals surface area contributed by atoms with Crippen LogP contribution in [0.3, 0.4) is 0 Å². The third-order valence-corrected chi connectivity index (χ3v) is 5.33. The lowest BCUT2D eigenvalue weighted by Gasteiger charge is -1.99. The summed E-state index contributed by atoms with van der Waals surface area (Å²) >= 11 is 7.51. The first kappa shape index (κ1) is 16.8. The summed E-state index contributed by atoms with van der Waals surface area (Å²) in [6.45, 7) is 4.09. The van der Waals surface area contributed by atoms with Crippen LogP contribution >= 0.6 is 22.9 Å². The fourth-order valence-electron chi connectivity index (χ4n) is 2.81. The summed E-state index contributed by atoms with van der Waals surface area (Å²) in [6, 6.07) is 15.7. The van der Waals surface area contributed by atoms with Gasteiger partial charge in [-0.1, -0.05) is 29.8 Å². The van der Waals surface area contributed by atoms with Crippen LogP contribution in [0.5, 0.6) is 0 Å². The molecule has 4 rings (SSSR count). The van der Waals surface area contributed by atoms with Gasteiger partial charge in [0.25, 0.3) is 0 Å². The third kappa shape index (κ3) is 3.23. The molecule has 0 saturated carbocycles. The predicted molar refractivity (Wildman–Crippen MR) is 110 cm³/mol. The minimum absolute atomic E-state index is 0.701. The van der Waals surface area contributed by atoms with Crippen LogP contribution < -0.4 is 4.80 Å². The number of rotatable bonds is 3. The molecule has 1 N–H and O–H groups in total. The molecule has 0 unspecified atom stereocenters. The minimum atomic E-state index is 0.701. The molecule has 0 fully saturated rings. The fourth-order valence-corrected chi connectivity index (χ4v) is 3.76. The second-order valence-electron chi connectivity index (χ2n) is 6.01. The van der Waals surface area contributed by atoms with Gasteiger partial charge in [-0.15, -0.1) is 11.3 Å². The average Bonchev–Trinajstić information content (AvgIpc) is 3.14. The quantitative estimate of drug-likeness (QED) is 0.461. The van der Waals surface area contributed by atoms with Crippen molar-refractivity contribution < 1.29 is 0 Å². The number of benzene rings is 2. The molecule has 2 heterocycles. The maximum atomic E-state index is 5.95. The topological polar surface area (TPSA) is 45.4 Å². The molecule has 0 aliphatic heterocycles. The van der Waals surface area contributed by atoms with Crippen molar-refractivity contribution in [3.05, 3.63) is 80.7 Å². The average molecular weight is 381 g/mol. The Morgan fingerprint density at radius 1 is 1.08 bits per heavy atom. The predicted octanol–water partition coefficient (Wildman–Crippen LogP) is 5.42. The van der Waals surface area contributed by atoms with Crippen LogP contribution in [-0.4, -0.2) is 15.9 Å². The lowest BCUT2D eigenvalue weighted by molar-refractivity contribution is 0.810. The first-order valence-corrected chi connectivity index (χ1v) is 9.47. The normalized spacial score (nSPS) is 12.5.